The highest BCUT2D eigenvalue weighted by atomic mass is 16.5. The van der Waals surface area contributed by atoms with Crippen LogP contribution in [0.1, 0.15) is 23.9 Å². The lowest BCUT2D eigenvalue weighted by molar-refractivity contribution is -0.133. The van der Waals surface area contributed by atoms with E-state index in [1.54, 1.807) is 0 Å². The predicted octanol–water partition coefficient (Wildman–Crippen LogP) is 3.94. The molecule has 0 saturated carbocycles. The van der Waals surface area contributed by atoms with Gasteiger partial charge in [0.1, 0.15) is 5.76 Å². The monoisotopic (exact) mass is 433 g/mol. The first-order chi connectivity index (χ1) is 15.6. The normalized spacial score (nSPS) is 15.4. The third kappa shape index (κ3) is 5.64. The highest BCUT2D eigenvalue weighted by Gasteiger charge is 2.25. The molecule has 3 aromatic rings. The van der Waals surface area contributed by atoms with Crippen LogP contribution in [0.3, 0.4) is 0 Å². The first-order valence-corrected chi connectivity index (χ1v) is 11.3. The van der Waals surface area contributed by atoms with E-state index in [2.05, 4.69) is 28.9 Å². The fourth-order valence-electron chi connectivity index (χ4n) is 4.07. The number of oxazole rings is 1. The highest BCUT2D eigenvalue weighted by molar-refractivity contribution is 5.79. The lowest BCUT2D eigenvalue weighted by atomic mass is 10.1. The second-order valence-electron chi connectivity index (χ2n) is 8.33. The minimum atomic E-state index is 0.0608. The van der Waals surface area contributed by atoms with Gasteiger partial charge in [-0.25, -0.2) is 4.98 Å². The van der Waals surface area contributed by atoms with Crippen LogP contribution in [0.25, 0.3) is 11.5 Å². The summed E-state index contributed by atoms with van der Waals surface area (Å²) in [5, 5.41) is 0. The van der Waals surface area contributed by atoms with Crippen LogP contribution in [0.5, 0.6) is 0 Å². The molecule has 1 atom stereocenters. The summed E-state index contributed by atoms with van der Waals surface area (Å²) in [4.78, 5) is 22.5. The van der Waals surface area contributed by atoms with Gasteiger partial charge in [0.05, 0.1) is 25.3 Å². The van der Waals surface area contributed by atoms with Crippen molar-refractivity contribution in [1.29, 1.82) is 0 Å². The molecule has 1 aliphatic rings. The van der Waals surface area contributed by atoms with E-state index in [-0.39, 0.29) is 18.4 Å². The van der Waals surface area contributed by atoms with E-state index in [4.69, 9.17) is 9.15 Å². The van der Waals surface area contributed by atoms with Crippen LogP contribution >= 0.6 is 0 Å². The van der Waals surface area contributed by atoms with E-state index < -0.39 is 0 Å². The van der Waals surface area contributed by atoms with Gasteiger partial charge < -0.3 is 14.1 Å². The van der Waals surface area contributed by atoms with Crippen molar-refractivity contribution in [2.24, 2.45) is 0 Å². The van der Waals surface area contributed by atoms with Crippen LogP contribution in [-0.4, -0.2) is 59.6 Å². The Hall–Kier alpha value is -2.96. The molecule has 2 aromatic carbocycles. The number of amides is 1. The second-order valence-corrected chi connectivity index (χ2v) is 8.33. The molecule has 0 N–H and O–H groups in total. The molecular formula is C26H31N3O3. The maximum Gasteiger partial charge on any atom is 0.229 e. The number of benzene rings is 2. The van der Waals surface area contributed by atoms with Crippen LogP contribution < -0.4 is 0 Å². The molecule has 4 rings (SSSR count). The van der Waals surface area contributed by atoms with Crippen molar-refractivity contribution in [2.75, 3.05) is 32.8 Å². The minimum absolute atomic E-state index is 0.0608. The number of nitrogens with zero attached hydrogens (tertiary/aromatic N) is 3. The summed E-state index contributed by atoms with van der Waals surface area (Å²) in [6.45, 7) is 8.71. The van der Waals surface area contributed by atoms with E-state index in [1.165, 1.54) is 0 Å². The summed E-state index contributed by atoms with van der Waals surface area (Å²) in [6, 6.07) is 20.0. The van der Waals surface area contributed by atoms with Crippen molar-refractivity contribution in [3.8, 4) is 11.5 Å². The van der Waals surface area contributed by atoms with Gasteiger partial charge in [-0.1, -0.05) is 48.5 Å². The zero-order chi connectivity index (χ0) is 22.3. The van der Waals surface area contributed by atoms with Gasteiger partial charge in [-0.15, -0.1) is 0 Å². The van der Waals surface area contributed by atoms with Gasteiger partial charge in [-0.2, -0.15) is 0 Å². The largest absolute Gasteiger partial charge is 0.441 e. The average Bonchev–Trinajstić information content (AvgIpc) is 3.19. The Balaban J connectivity index is 1.51. The number of carbonyl (C=O) groups is 1. The van der Waals surface area contributed by atoms with Crippen molar-refractivity contribution in [1.82, 2.24) is 14.8 Å². The van der Waals surface area contributed by atoms with E-state index in [0.717, 1.165) is 44.0 Å². The van der Waals surface area contributed by atoms with Gasteiger partial charge in [0, 0.05) is 37.8 Å². The summed E-state index contributed by atoms with van der Waals surface area (Å²) in [7, 11) is 0. The zero-order valence-corrected chi connectivity index (χ0v) is 18.9. The van der Waals surface area contributed by atoms with Crippen molar-refractivity contribution in [2.45, 2.75) is 32.9 Å². The molecule has 0 aliphatic carbocycles. The van der Waals surface area contributed by atoms with E-state index in [9.17, 15) is 4.79 Å². The molecule has 2 heterocycles. The molecule has 0 spiro atoms. The van der Waals surface area contributed by atoms with Crippen LogP contribution in [0, 0.1) is 6.92 Å². The van der Waals surface area contributed by atoms with Crippen LogP contribution in [0.4, 0.5) is 0 Å². The quantitative estimate of drug-likeness (QED) is 0.539. The van der Waals surface area contributed by atoms with E-state index >= 15 is 0 Å². The molecule has 168 valence electrons. The summed E-state index contributed by atoms with van der Waals surface area (Å²) < 4.78 is 11.4. The van der Waals surface area contributed by atoms with Crippen molar-refractivity contribution < 1.29 is 13.9 Å². The fraction of sp³-hybridized carbons (Fsp3) is 0.385. The number of morpholine rings is 1. The summed E-state index contributed by atoms with van der Waals surface area (Å²) in [5.74, 6) is 1.31. The molecule has 6 heteroatoms. The SMILES string of the molecule is Cc1oc(-c2ccccc2)nc1CC(=O)N(Cc1ccccc1)C(C)CN1CCOCC1. The number of aryl methyl sites for hydroxylation is 1. The van der Waals surface area contributed by atoms with E-state index in [0.29, 0.717) is 23.9 Å². The molecule has 1 saturated heterocycles. The van der Waals surface area contributed by atoms with E-state index in [1.807, 2.05) is 60.4 Å². The molecule has 1 aliphatic heterocycles. The summed E-state index contributed by atoms with van der Waals surface area (Å²) in [5.41, 5.74) is 2.73. The van der Waals surface area contributed by atoms with Gasteiger partial charge >= 0.3 is 0 Å². The van der Waals surface area contributed by atoms with Crippen LogP contribution in [0.2, 0.25) is 0 Å². The van der Waals surface area contributed by atoms with Gasteiger partial charge in [0.2, 0.25) is 11.8 Å². The Bertz CT molecular complexity index is 998. The Morgan fingerprint density at radius 1 is 1.06 bits per heavy atom. The van der Waals surface area contributed by atoms with Crippen molar-refractivity contribution in [3.05, 3.63) is 77.7 Å². The van der Waals surface area contributed by atoms with Gasteiger partial charge in [0.15, 0.2) is 0 Å². The van der Waals surface area contributed by atoms with Gasteiger partial charge in [-0.05, 0) is 31.5 Å². The lowest BCUT2D eigenvalue weighted by Gasteiger charge is -2.35. The topological polar surface area (TPSA) is 58.8 Å². The number of carbonyl (C=O) groups excluding carboxylic acids is 1. The van der Waals surface area contributed by atoms with Crippen LogP contribution in [-0.2, 0) is 22.5 Å². The highest BCUT2D eigenvalue weighted by Crippen LogP contribution is 2.22. The molecule has 1 unspecified atom stereocenters. The molecule has 32 heavy (non-hydrogen) atoms. The Labute approximate surface area is 189 Å². The molecule has 1 amide bonds. The number of aromatic nitrogens is 1. The number of hydrogen-bond acceptors (Lipinski definition) is 5. The molecule has 6 nitrogen and oxygen atoms in total. The third-order valence-corrected chi connectivity index (χ3v) is 5.91. The maximum absolute atomic E-state index is 13.5. The number of ether oxygens (including phenoxy) is 1. The average molecular weight is 434 g/mol. The first kappa shape index (κ1) is 22.2. The smallest absolute Gasteiger partial charge is 0.229 e. The number of hydrogen-bond donors (Lipinski definition) is 0. The first-order valence-electron chi connectivity index (χ1n) is 11.3. The fourth-order valence-corrected chi connectivity index (χ4v) is 4.07. The Kier molecular flexibility index (Phi) is 7.35. The molecule has 0 radical (unpaired) electrons. The van der Waals surface area contributed by atoms with Crippen molar-refractivity contribution >= 4 is 5.91 Å². The van der Waals surface area contributed by atoms with Crippen LogP contribution in [0.15, 0.2) is 65.1 Å². The third-order valence-electron chi connectivity index (χ3n) is 5.91. The zero-order valence-electron chi connectivity index (χ0n) is 18.9. The summed E-state index contributed by atoms with van der Waals surface area (Å²) in [6.07, 6.45) is 0.225. The minimum Gasteiger partial charge on any atom is -0.441 e. The number of rotatable bonds is 8. The lowest BCUT2D eigenvalue weighted by Crippen LogP contribution is -2.48. The van der Waals surface area contributed by atoms with Gasteiger partial charge in [0.25, 0.3) is 0 Å². The molecular weight excluding hydrogens is 402 g/mol. The van der Waals surface area contributed by atoms with Gasteiger partial charge in [-0.3, -0.25) is 9.69 Å². The molecule has 0 bridgehead atoms. The second kappa shape index (κ2) is 10.6. The van der Waals surface area contributed by atoms with Crippen molar-refractivity contribution in [3.63, 3.8) is 0 Å². The summed E-state index contributed by atoms with van der Waals surface area (Å²) >= 11 is 0. The predicted molar refractivity (Wildman–Crippen MR) is 124 cm³/mol. The Morgan fingerprint density at radius 2 is 1.72 bits per heavy atom. The maximum atomic E-state index is 13.5. The Morgan fingerprint density at radius 3 is 2.41 bits per heavy atom. The standard InChI is InChI=1S/C26H31N3O3/c1-20(18-28-13-15-31-16-14-28)29(19-22-9-5-3-6-10-22)25(30)17-24-21(2)32-26(27-24)23-11-7-4-8-12-23/h3-12,20H,13-19H2,1-2H3. The molecule has 1 fully saturated rings. The molecule has 1 aromatic heterocycles.